The summed E-state index contributed by atoms with van der Waals surface area (Å²) >= 11 is 5.34. The summed E-state index contributed by atoms with van der Waals surface area (Å²) in [5.74, 6) is -2.13. The number of carbonyl (C=O) groups excluding carboxylic acids is 1. The fourth-order valence-electron chi connectivity index (χ4n) is 1.97. The van der Waals surface area contributed by atoms with Gasteiger partial charge < -0.3 is 4.74 Å². The topological polar surface area (TPSA) is 26.3 Å². The van der Waals surface area contributed by atoms with Crippen molar-refractivity contribution < 1.29 is 22.7 Å². The van der Waals surface area contributed by atoms with E-state index in [1.165, 1.54) is 6.92 Å². The molecule has 1 aliphatic rings. The van der Waals surface area contributed by atoms with E-state index in [9.17, 15) is 18.0 Å². The van der Waals surface area contributed by atoms with Crippen LogP contribution in [0.15, 0.2) is 11.8 Å². The fraction of sp³-hybridized carbons (Fsp3) is 0.727. The number of ether oxygens (including phenoxy) is 1. The molecule has 0 spiro atoms. The average molecular weight is 271 g/mol. The van der Waals surface area contributed by atoms with Crippen LogP contribution in [-0.4, -0.2) is 18.0 Å². The highest BCUT2D eigenvalue weighted by atomic mass is 35.5. The van der Waals surface area contributed by atoms with Crippen LogP contribution in [0.4, 0.5) is 13.2 Å². The lowest BCUT2D eigenvalue weighted by Gasteiger charge is -2.12. The zero-order valence-corrected chi connectivity index (χ0v) is 10.5. The molecule has 0 radical (unpaired) electrons. The average Bonchev–Trinajstić information content (AvgIpc) is 2.65. The Kier molecular flexibility index (Phi) is 3.81. The molecule has 0 heterocycles. The van der Waals surface area contributed by atoms with E-state index in [-0.39, 0.29) is 6.61 Å². The lowest BCUT2D eigenvalue weighted by molar-refractivity contribution is -0.130. The van der Waals surface area contributed by atoms with Crippen molar-refractivity contribution in [2.45, 2.75) is 26.9 Å². The maximum Gasteiger partial charge on any atom is 0.448 e. The summed E-state index contributed by atoms with van der Waals surface area (Å²) in [5.41, 5.74) is -0.535. The van der Waals surface area contributed by atoms with E-state index in [0.717, 1.165) is 6.08 Å². The predicted molar refractivity (Wildman–Crippen MR) is 57.4 cm³/mol. The van der Waals surface area contributed by atoms with Crippen LogP contribution in [0.2, 0.25) is 0 Å². The molecule has 0 N–H and O–H groups in total. The van der Waals surface area contributed by atoms with Crippen molar-refractivity contribution in [1.29, 1.82) is 0 Å². The molecule has 17 heavy (non-hydrogen) atoms. The van der Waals surface area contributed by atoms with E-state index in [1.54, 1.807) is 13.8 Å². The lowest BCUT2D eigenvalue weighted by atomic mass is 10.1. The first-order valence-electron chi connectivity index (χ1n) is 5.23. The van der Waals surface area contributed by atoms with E-state index >= 15 is 0 Å². The van der Waals surface area contributed by atoms with Gasteiger partial charge in [0.15, 0.2) is 5.76 Å². The van der Waals surface area contributed by atoms with Crippen LogP contribution in [-0.2, 0) is 9.53 Å². The summed E-state index contributed by atoms with van der Waals surface area (Å²) in [5, 5.41) is -0.603. The zero-order chi connectivity index (χ0) is 13.4. The number of rotatable bonds is 4. The maximum atomic E-state index is 12.6. The van der Waals surface area contributed by atoms with Crippen LogP contribution in [0.1, 0.15) is 20.8 Å². The quantitative estimate of drug-likeness (QED) is 0.577. The van der Waals surface area contributed by atoms with Gasteiger partial charge in [-0.05, 0) is 35.9 Å². The second-order valence-electron chi connectivity index (χ2n) is 4.59. The van der Waals surface area contributed by atoms with E-state index < -0.39 is 34.4 Å². The van der Waals surface area contributed by atoms with Crippen molar-refractivity contribution in [3.63, 3.8) is 0 Å². The minimum absolute atomic E-state index is 0.0714. The molecule has 0 aliphatic heterocycles. The molecule has 0 aromatic carbocycles. The standard InChI is InChI=1S/C11H14ClF3O2/c1-4-17-7(11(13,14)15)5-6-8(9(12)16)10(6,2)3/h5-6,8H,4H2,1-3H3. The fourth-order valence-corrected chi connectivity index (χ4v) is 2.38. The summed E-state index contributed by atoms with van der Waals surface area (Å²) in [7, 11) is 0. The Morgan fingerprint density at radius 2 is 2.00 bits per heavy atom. The van der Waals surface area contributed by atoms with E-state index in [2.05, 4.69) is 4.74 Å². The van der Waals surface area contributed by atoms with Crippen LogP contribution in [0.25, 0.3) is 0 Å². The molecule has 2 atom stereocenters. The lowest BCUT2D eigenvalue weighted by Crippen LogP contribution is -2.15. The molecule has 1 aliphatic carbocycles. The van der Waals surface area contributed by atoms with Gasteiger partial charge in [-0.25, -0.2) is 0 Å². The third-order valence-corrected chi connectivity index (χ3v) is 3.30. The summed E-state index contributed by atoms with van der Waals surface area (Å²) in [6.07, 6.45) is -3.57. The zero-order valence-electron chi connectivity index (χ0n) is 9.77. The highest BCUT2D eigenvalue weighted by molar-refractivity contribution is 6.64. The monoisotopic (exact) mass is 270 g/mol. The van der Waals surface area contributed by atoms with Gasteiger partial charge in [-0.15, -0.1) is 0 Å². The minimum atomic E-state index is -4.53. The van der Waals surface area contributed by atoms with E-state index in [0.29, 0.717) is 0 Å². The van der Waals surface area contributed by atoms with Crippen LogP contribution >= 0.6 is 11.6 Å². The Hall–Kier alpha value is -0.710. The maximum absolute atomic E-state index is 12.6. The molecule has 0 aromatic heterocycles. The van der Waals surface area contributed by atoms with Gasteiger partial charge in [0.2, 0.25) is 5.24 Å². The molecule has 2 unspecified atom stereocenters. The number of hydrogen-bond donors (Lipinski definition) is 0. The summed E-state index contributed by atoms with van der Waals surface area (Å²) in [6.45, 7) is 4.82. The molecule has 2 nitrogen and oxygen atoms in total. The first-order valence-corrected chi connectivity index (χ1v) is 5.61. The predicted octanol–water partition coefficient (Wildman–Crippen LogP) is 3.51. The number of alkyl halides is 3. The summed E-state index contributed by atoms with van der Waals surface area (Å²) in [4.78, 5) is 11.0. The third-order valence-electron chi connectivity index (χ3n) is 3.07. The van der Waals surface area contributed by atoms with Gasteiger partial charge >= 0.3 is 6.18 Å². The molecule has 0 saturated heterocycles. The Labute approximate surface area is 103 Å². The van der Waals surface area contributed by atoms with Crippen molar-refractivity contribution in [1.82, 2.24) is 0 Å². The molecule has 0 bridgehead atoms. The highest BCUT2D eigenvalue weighted by Gasteiger charge is 2.61. The molecule has 1 fully saturated rings. The molecule has 98 valence electrons. The smallest absolute Gasteiger partial charge is 0.448 e. The van der Waals surface area contributed by atoms with E-state index in [1.807, 2.05) is 0 Å². The van der Waals surface area contributed by atoms with Crippen LogP contribution in [0.3, 0.4) is 0 Å². The van der Waals surface area contributed by atoms with Crippen molar-refractivity contribution >= 4 is 16.8 Å². The molecule has 1 rings (SSSR count). The van der Waals surface area contributed by atoms with Crippen LogP contribution < -0.4 is 0 Å². The van der Waals surface area contributed by atoms with E-state index in [4.69, 9.17) is 11.6 Å². The summed E-state index contributed by atoms with van der Waals surface area (Å²) in [6, 6.07) is 0. The minimum Gasteiger partial charge on any atom is -0.489 e. The van der Waals surface area contributed by atoms with Gasteiger partial charge in [0.25, 0.3) is 0 Å². The Bertz CT molecular complexity index is 347. The molecular formula is C11H14ClF3O2. The Balaban J connectivity index is 2.91. The molecule has 6 heteroatoms. The first kappa shape index (κ1) is 14.4. The third kappa shape index (κ3) is 2.94. The number of hydrogen-bond acceptors (Lipinski definition) is 2. The van der Waals surface area contributed by atoms with Crippen molar-refractivity contribution in [2.75, 3.05) is 6.61 Å². The Morgan fingerprint density at radius 3 is 2.29 bits per heavy atom. The van der Waals surface area contributed by atoms with Gasteiger partial charge in [-0.3, -0.25) is 4.79 Å². The normalized spacial score (nSPS) is 27.8. The molecule has 0 amide bonds. The second-order valence-corrected chi connectivity index (χ2v) is 4.96. The van der Waals surface area contributed by atoms with Gasteiger partial charge in [0.1, 0.15) is 0 Å². The van der Waals surface area contributed by atoms with Crippen LogP contribution in [0.5, 0.6) is 0 Å². The van der Waals surface area contributed by atoms with Gasteiger partial charge in [0.05, 0.1) is 6.61 Å². The van der Waals surface area contributed by atoms with Gasteiger partial charge in [-0.2, -0.15) is 13.2 Å². The highest BCUT2D eigenvalue weighted by Crippen LogP contribution is 2.60. The largest absolute Gasteiger partial charge is 0.489 e. The van der Waals surface area contributed by atoms with Crippen LogP contribution in [0, 0.1) is 17.3 Å². The molecule has 0 aromatic rings. The number of halogens is 4. The SMILES string of the molecule is CCOC(=CC1C(C(=O)Cl)C1(C)C)C(F)(F)F. The molecular weight excluding hydrogens is 257 g/mol. The molecule has 1 saturated carbocycles. The van der Waals surface area contributed by atoms with Gasteiger partial charge in [0, 0.05) is 5.92 Å². The second kappa shape index (κ2) is 4.52. The van der Waals surface area contributed by atoms with Gasteiger partial charge in [-0.1, -0.05) is 13.8 Å². The van der Waals surface area contributed by atoms with Crippen molar-refractivity contribution in [3.05, 3.63) is 11.8 Å². The summed E-state index contributed by atoms with van der Waals surface area (Å²) < 4.78 is 42.3. The van der Waals surface area contributed by atoms with Crippen molar-refractivity contribution in [3.8, 4) is 0 Å². The number of carbonyl (C=O) groups is 1. The van der Waals surface area contributed by atoms with Crippen molar-refractivity contribution in [2.24, 2.45) is 17.3 Å². The first-order chi connectivity index (χ1) is 7.62. The number of allylic oxidation sites excluding steroid dienone is 2. The Morgan fingerprint density at radius 1 is 1.47 bits per heavy atom.